The smallest absolute Gasteiger partial charge is 0.259 e. The Labute approximate surface area is 125 Å². The molecule has 0 atom stereocenters. The highest BCUT2D eigenvalue weighted by molar-refractivity contribution is 7.80. The first-order valence-corrected chi connectivity index (χ1v) is 7.74. The average molecular weight is 285 g/mol. The molecule has 104 valence electrons. The quantitative estimate of drug-likeness (QED) is 0.769. The fourth-order valence-corrected chi connectivity index (χ4v) is 3.46. The normalized spacial score (nSPS) is 20.4. The molecule has 1 saturated carbocycles. The lowest BCUT2D eigenvalue weighted by Gasteiger charge is -2.31. The number of hydrogen-bond donors (Lipinski definition) is 0. The van der Waals surface area contributed by atoms with E-state index < -0.39 is 0 Å². The van der Waals surface area contributed by atoms with Gasteiger partial charge in [0.1, 0.15) is 4.99 Å². The lowest BCUT2D eigenvalue weighted by molar-refractivity contribution is -0.122. The van der Waals surface area contributed by atoms with Gasteiger partial charge < -0.3 is 0 Å². The molecule has 1 aliphatic carbocycles. The van der Waals surface area contributed by atoms with E-state index in [9.17, 15) is 4.79 Å². The van der Waals surface area contributed by atoms with Gasteiger partial charge >= 0.3 is 0 Å². The van der Waals surface area contributed by atoms with E-state index in [1.54, 1.807) is 0 Å². The largest absolute Gasteiger partial charge is 0.296 e. The van der Waals surface area contributed by atoms with Gasteiger partial charge in [0.2, 0.25) is 0 Å². The maximum Gasteiger partial charge on any atom is 0.259 e. The number of thiocarbonyl (C=S) groups is 1. The second kappa shape index (κ2) is 5.49. The molecule has 0 N–H and O–H groups in total. The second-order valence-electron chi connectivity index (χ2n) is 5.73. The summed E-state index contributed by atoms with van der Waals surface area (Å²) in [5.74, 6) is 0.0887. The van der Waals surface area contributed by atoms with Crippen molar-refractivity contribution in [3.8, 4) is 0 Å². The van der Waals surface area contributed by atoms with Gasteiger partial charge in [-0.05, 0) is 31.4 Å². The van der Waals surface area contributed by atoms with Crippen LogP contribution in [0.5, 0.6) is 0 Å². The minimum atomic E-state index is 0.0887. The van der Waals surface area contributed by atoms with Crippen LogP contribution in [0.2, 0.25) is 0 Å². The molecule has 1 amide bonds. The van der Waals surface area contributed by atoms with Gasteiger partial charge in [-0.2, -0.15) is 0 Å². The molecular formula is C17H19NOS. The van der Waals surface area contributed by atoms with Crippen LogP contribution >= 0.6 is 12.2 Å². The lowest BCUT2D eigenvalue weighted by Crippen LogP contribution is -2.40. The molecule has 0 saturated heterocycles. The van der Waals surface area contributed by atoms with Crippen molar-refractivity contribution < 1.29 is 4.79 Å². The average Bonchev–Trinajstić information content (AvgIpc) is 2.76. The maximum atomic E-state index is 12.7. The molecule has 1 heterocycles. The summed E-state index contributed by atoms with van der Waals surface area (Å²) in [7, 11) is 0. The van der Waals surface area contributed by atoms with Crippen molar-refractivity contribution in [1.29, 1.82) is 0 Å². The van der Waals surface area contributed by atoms with Crippen LogP contribution in [0.15, 0.2) is 30.3 Å². The standard InChI is InChI=1S/C17H19NOS/c1-12-7-9-13(10-8-12)15-11-16(20)18(17(15)19)14-5-3-2-4-6-14/h7-11,14H,2-6H2,1H3. The second-order valence-corrected chi connectivity index (χ2v) is 6.15. The molecule has 0 aromatic heterocycles. The highest BCUT2D eigenvalue weighted by Crippen LogP contribution is 2.31. The fraction of sp³-hybridized carbons (Fsp3) is 0.412. The third kappa shape index (κ3) is 2.42. The minimum Gasteiger partial charge on any atom is -0.296 e. The predicted octanol–water partition coefficient (Wildman–Crippen LogP) is 3.88. The zero-order chi connectivity index (χ0) is 14.1. The van der Waals surface area contributed by atoms with E-state index >= 15 is 0 Å². The highest BCUT2D eigenvalue weighted by Gasteiger charge is 2.34. The van der Waals surface area contributed by atoms with E-state index in [1.807, 2.05) is 42.2 Å². The highest BCUT2D eigenvalue weighted by atomic mass is 32.1. The molecule has 3 rings (SSSR count). The van der Waals surface area contributed by atoms with E-state index in [1.165, 1.54) is 24.8 Å². The van der Waals surface area contributed by atoms with Crippen molar-refractivity contribution in [1.82, 2.24) is 4.90 Å². The Hall–Kier alpha value is -1.48. The lowest BCUT2D eigenvalue weighted by atomic mass is 9.94. The first kappa shape index (κ1) is 13.5. The van der Waals surface area contributed by atoms with E-state index in [-0.39, 0.29) is 5.91 Å². The van der Waals surface area contributed by atoms with Gasteiger partial charge in [-0.15, -0.1) is 0 Å². The topological polar surface area (TPSA) is 20.3 Å². The Balaban J connectivity index is 1.84. The first-order chi connectivity index (χ1) is 9.66. The van der Waals surface area contributed by atoms with Crippen molar-refractivity contribution >= 4 is 28.7 Å². The van der Waals surface area contributed by atoms with Gasteiger partial charge in [0, 0.05) is 6.04 Å². The van der Waals surface area contributed by atoms with E-state index in [4.69, 9.17) is 12.2 Å². The van der Waals surface area contributed by atoms with Crippen LogP contribution in [0, 0.1) is 6.92 Å². The third-order valence-electron chi connectivity index (χ3n) is 4.26. The van der Waals surface area contributed by atoms with Gasteiger partial charge in [0.05, 0.1) is 5.57 Å². The molecule has 0 spiro atoms. The molecule has 2 nitrogen and oxygen atoms in total. The van der Waals surface area contributed by atoms with Gasteiger partial charge in [0.15, 0.2) is 0 Å². The van der Waals surface area contributed by atoms with Crippen molar-refractivity contribution in [3.05, 3.63) is 41.5 Å². The molecule has 2 aliphatic rings. The predicted molar refractivity (Wildman–Crippen MR) is 85.5 cm³/mol. The van der Waals surface area contributed by atoms with Gasteiger partial charge in [-0.25, -0.2) is 0 Å². The molecule has 1 fully saturated rings. The van der Waals surface area contributed by atoms with E-state index in [0.717, 1.165) is 24.0 Å². The Bertz CT molecular complexity index is 567. The summed E-state index contributed by atoms with van der Waals surface area (Å²) < 4.78 is 0. The van der Waals surface area contributed by atoms with Crippen LogP contribution in [0.1, 0.15) is 43.2 Å². The van der Waals surface area contributed by atoms with Crippen LogP contribution < -0.4 is 0 Å². The number of rotatable bonds is 2. The zero-order valence-corrected chi connectivity index (χ0v) is 12.6. The molecule has 1 aliphatic heterocycles. The molecule has 0 unspecified atom stereocenters. The molecule has 1 aromatic rings. The van der Waals surface area contributed by atoms with Crippen LogP contribution in [0.3, 0.4) is 0 Å². The van der Waals surface area contributed by atoms with E-state index in [2.05, 4.69) is 0 Å². The van der Waals surface area contributed by atoms with Crippen LogP contribution in [-0.2, 0) is 4.79 Å². The Morgan fingerprint density at radius 3 is 2.40 bits per heavy atom. The number of benzene rings is 1. The monoisotopic (exact) mass is 285 g/mol. The van der Waals surface area contributed by atoms with Crippen molar-refractivity contribution in [2.75, 3.05) is 0 Å². The molecule has 1 aromatic carbocycles. The Morgan fingerprint density at radius 1 is 1.10 bits per heavy atom. The molecular weight excluding hydrogens is 266 g/mol. The molecule has 0 bridgehead atoms. The summed E-state index contributed by atoms with van der Waals surface area (Å²) in [6, 6.07) is 8.40. The number of nitrogens with zero attached hydrogens (tertiary/aromatic N) is 1. The summed E-state index contributed by atoms with van der Waals surface area (Å²) in [5, 5.41) is 0. The maximum absolute atomic E-state index is 12.7. The minimum absolute atomic E-state index is 0.0887. The van der Waals surface area contributed by atoms with Crippen molar-refractivity contribution in [2.24, 2.45) is 0 Å². The van der Waals surface area contributed by atoms with Crippen LogP contribution in [-0.4, -0.2) is 21.8 Å². The Kier molecular flexibility index (Phi) is 3.70. The number of carbonyl (C=O) groups excluding carboxylic acids is 1. The molecule has 0 radical (unpaired) electrons. The Morgan fingerprint density at radius 2 is 1.75 bits per heavy atom. The van der Waals surface area contributed by atoms with Crippen molar-refractivity contribution in [2.45, 2.75) is 45.1 Å². The number of amides is 1. The van der Waals surface area contributed by atoms with Crippen LogP contribution in [0.25, 0.3) is 5.57 Å². The molecule has 3 heteroatoms. The SMILES string of the molecule is Cc1ccc(C2=CC(=S)N(C3CCCCC3)C2=O)cc1. The third-order valence-corrected chi connectivity index (χ3v) is 4.57. The van der Waals surface area contributed by atoms with Gasteiger partial charge in [-0.3, -0.25) is 9.69 Å². The number of aryl methyl sites for hydroxylation is 1. The summed E-state index contributed by atoms with van der Waals surface area (Å²) in [6.45, 7) is 2.05. The summed E-state index contributed by atoms with van der Waals surface area (Å²) in [4.78, 5) is 15.2. The number of hydrogen-bond acceptors (Lipinski definition) is 2. The number of carbonyl (C=O) groups is 1. The van der Waals surface area contributed by atoms with E-state index in [0.29, 0.717) is 11.0 Å². The summed E-state index contributed by atoms with van der Waals surface area (Å²) in [6.07, 6.45) is 7.73. The van der Waals surface area contributed by atoms with Gasteiger partial charge in [0.25, 0.3) is 5.91 Å². The molecule has 20 heavy (non-hydrogen) atoms. The zero-order valence-electron chi connectivity index (χ0n) is 11.8. The van der Waals surface area contributed by atoms with Crippen LogP contribution in [0.4, 0.5) is 0 Å². The summed E-state index contributed by atoms with van der Waals surface area (Å²) >= 11 is 5.43. The van der Waals surface area contributed by atoms with Crippen molar-refractivity contribution in [3.63, 3.8) is 0 Å². The van der Waals surface area contributed by atoms with Gasteiger partial charge in [-0.1, -0.05) is 61.3 Å². The first-order valence-electron chi connectivity index (χ1n) is 7.33. The summed E-state index contributed by atoms with van der Waals surface area (Å²) in [5.41, 5.74) is 2.92. The fourth-order valence-electron chi connectivity index (χ4n) is 3.11.